The van der Waals surface area contributed by atoms with Crippen LogP contribution in [0.3, 0.4) is 0 Å². The lowest BCUT2D eigenvalue weighted by molar-refractivity contribution is -0.144. The predicted octanol–water partition coefficient (Wildman–Crippen LogP) is 1.46. The van der Waals surface area contributed by atoms with Gasteiger partial charge in [-0.15, -0.1) is 0 Å². The summed E-state index contributed by atoms with van der Waals surface area (Å²) >= 11 is 0. The van der Waals surface area contributed by atoms with Gasteiger partial charge >= 0.3 is 23.8 Å². The van der Waals surface area contributed by atoms with Crippen LogP contribution in [-0.4, -0.2) is 56.0 Å². The molecule has 0 bridgehead atoms. The first-order valence-electron chi connectivity index (χ1n) is 8.28. The molecule has 1 aromatic rings. The number of esters is 2. The van der Waals surface area contributed by atoms with Crippen molar-refractivity contribution >= 4 is 29.4 Å². The highest BCUT2D eigenvalue weighted by molar-refractivity contribution is 6.40. The Hall–Kier alpha value is -2.90. The van der Waals surface area contributed by atoms with E-state index in [0.717, 1.165) is 12.8 Å². The van der Waals surface area contributed by atoms with Gasteiger partial charge < -0.3 is 19.7 Å². The molecule has 0 spiro atoms. The number of carbonyl (C=O) groups excluding carboxylic acids is 4. The molecular weight excluding hydrogens is 340 g/mol. The second kappa shape index (κ2) is 8.46. The summed E-state index contributed by atoms with van der Waals surface area (Å²) in [4.78, 5) is 49.8. The molecule has 0 saturated carbocycles. The lowest BCUT2D eigenvalue weighted by Gasteiger charge is -2.30. The van der Waals surface area contributed by atoms with Gasteiger partial charge in [-0.3, -0.25) is 9.59 Å². The Morgan fingerprint density at radius 1 is 1.12 bits per heavy atom. The van der Waals surface area contributed by atoms with Crippen molar-refractivity contribution in [3.05, 3.63) is 29.3 Å². The summed E-state index contributed by atoms with van der Waals surface area (Å²) < 4.78 is 9.31. The lowest BCUT2D eigenvalue weighted by atomic mass is 10.0. The smallest absolute Gasteiger partial charge is 0.339 e. The summed E-state index contributed by atoms with van der Waals surface area (Å²) in [7, 11) is 2.41. The Morgan fingerprint density at radius 2 is 1.81 bits per heavy atom. The zero-order valence-corrected chi connectivity index (χ0v) is 15.0. The number of benzene rings is 1. The number of piperidine rings is 1. The van der Waals surface area contributed by atoms with Gasteiger partial charge in [0.1, 0.15) is 0 Å². The molecule has 0 aliphatic carbocycles. The average molecular weight is 362 g/mol. The maximum atomic E-state index is 12.4. The monoisotopic (exact) mass is 362 g/mol. The molecule has 8 heteroatoms. The van der Waals surface area contributed by atoms with Gasteiger partial charge in [-0.1, -0.05) is 6.92 Å². The largest absolute Gasteiger partial charge is 0.465 e. The predicted molar refractivity (Wildman–Crippen MR) is 92.7 cm³/mol. The Kier molecular flexibility index (Phi) is 6.32. The standard InChI is InChI=1S/C18H22N2O6/c1-11-5-4-8-20(10-11)16(22)15(21)19-14-9-12(17(23)25-2)6-7-13(14)18(24)26-3/h6-7,9,11H,4-5,8,10H2,1-3H3,(H,19,21). The number of methoxy groups -OCH3 is 2. The van der Waals surface area contributed by atoms with Crippen LogP contribution in [0.2, 0.25) is 0 Å². The summed E-state index contributed by atoms with van der Waals surface area (Å²) in [6.45, 7) is 3.05. The number of nitrogens with one attached hydrogen (secondary N) is 1. The van der Waals surface area contributed by atoms with E-state index in [9.17, 15) is 19.2 Å². The van der Waals surface area contributed by atoms with E-state index >= 15 is 0 Å². The Bertz CT molecular complexity index is 730. The first kappa shape index (κ1) is 19.4. The molecule has 2 rings (SSSR count). The number of hydrogen-bond donors (Lipinski definition) is 1. The van der Waals surface area contributed by atoms with E-state index in [1.165, 1.54) is 37.3 Å². The molecule has 1 aromatic carbocycles. The Morgan fingerprint density at radius 3 is 2.42 bits per heavy atom. The fourth-order valence-corrected chi connectivity index (χ4v) is 2.87. The van der Waals surface area contributed by atoms with Gasteiger partial charge in [0.25, 0.3) is 0 Å². The molecule has 1 unspecified atom stereocenters. The normalized spacial score (nSPS) is 16.6. The van der Waals surface area contributed by atoms with Gasteiger partial charge in [0.15, 0.2) is 0 Å². The SMILES string of the molecule is COC(=O)c1ccc(C(=O)OC)c(NC(=O)C(=O)N2CCCC(C)C2)c1. The minimum atomic E-state index is -0.869. The number of nitrogens with zero attached hydrogens (tertiary/aromatic N) is 1. The summed E-state index contributed by atoms with van der Waals surface area (Å²) in [5.41, 5.74) is 0.186. The molecule has 1 heterocycles. The highest BCUT2D eigenvalue weighted by Gasteiger charge is 2.27. The van der Waals surface area contributed by atoms with Crippen LogP contribution in [0, 0.1) is 5.92 Å². The molecule has 140 valence electrons. The fraction of sp³-hybridized carbons (Fsp3) is 0.444. The number of ether oxygens (including phenoxy) is 2. The molecular formula is C18H22N2O6. The van der Waals surface area contributed by atoms with Crippen LogP contribution in [0.1, 0.15) is 40.5 Å². The second-order valence-corrected chi connectivity index (χ2v) is 6.20. The van der Waals surface area contributed by atoms with Crippen LogP contribution < -0.4 is 5.32 Å². The molecule has 1 saturated heterocycles. The van der Waals surface area contributed by atoms with E-state index in [4.69, 9.17) is 0 Å². The van der Waals surface area contributed by atoms with Gasteiger partial charge in [0, 0.05) is 13.1 Å². The second-order valence-electron chi connectivity index (χ2n) is 6.20. The molecule has 1 fully saturated rings. The summed E-state index contributed by atoms with van der Waals surface area (Å²) in [5, 5.41) is 2.42. The van der Waals surface area contributed by atoms with Gasteiger partial charge in [0.05, 0.1) is 31.0 Å². The molecule has 1 aliphatic rings. The number of carbonyl (C=O) groups is 4. The molecule has 2 amide bonds. The molecule has 1 aliphatic heterocycles. The van der Waals surface area contributed by atoms with E-state index in [2.05, 4.69) is 14.8 Å². The highest BCUT2D eigenvalue weighted by Crippen LogP contribution is 2.21. The third-order valence-electron chi connectivity index (χ3n) is 4.23. The van der Waals surface area contributed by atoms with E-state index < -0.39 is 23.8 Å². The number of anilines is 1. The summed E-state index contributed by atoms with van der Waals surface area (Å²) in [6.07, 6.45) is 1.85. The minimum absolute atomic E-state index is 0.0168. The van der Waals surface area contributed by atoms with Gasteiger partial charge in [-0.25, -0.2) is 9.59 Å². The maximum absolute atomic E-state index is 12.4. The van der Waals surface area contributed by atoms with Crippen molar-refractivity contribution in [2.45, 2.75) is 19.8 Å². The molecule has 1 N–H and O–H groups in total. The highest BCUT2D eigenvalue weighted by atomic mass is 16.5. The van der Waals surface area contributed by atoms with E-state index in [0.29, 0.717) is 19.0 Å². The topological polar surface area (TPSA) is 102 Å². The number of likely N-dealkylation sites (tertiary alicyclic amines) is 1. The van der Waals surface area contributed by atoms with Crippen molar-refractivity contribution in [3.63, 3.8) is 0 Å². The zero-order valence-electron chi connectivity index (χ0n) is 15.0. The summed E-state index contributed by atoms with van der Waals surface area (Å²) in [5.74, 6) is -2.54. The Labute approximate surface area is 151 Å². The molecule has 1 atom stereocenters. The van der Waals surface area contributed by atoms with Crippen LogP contribution in [0.5, 0.6) is 0 Å². The van der Waals surface area contributed by atoms with E-state index in [1.54, 1.807) is 0 Å². The van der Waals surface area contributed by atoms with Crippen LogP contribution in [-0.2, 0) is 19.1 Å². The first-order valence-corrected chi connectivity index (χ1v) is 8.28. The van der Waals surface area contributed by atoms with Crippen molar-refractivity contribution in [1.29, 1.82) is 0 Å². The van der Waals surface area contributed by atoms with Gasteiger partial charge in [-0.05, 0) is 37.0 Å². The lowest BCUT2D eigenvalue weighted by Crippen LogP contribution is -2.44. The third kappa shape index (κ3) is 4.38. The quantitative estimate of drug-likeness (QED) is 0.645. The molecule has 0 radical (unpaired) electrons. The van der Waals surface area contributed by atoms with Crippen molar-refractivity contribution in [1.82, 2.24) is 4.90 Å². The van der Waals surface area contributed by atoms with Crippen LogP contribution in [0.15, 0.2) is 18.2 Å². The zero-order chi connectivity index (χ0) is 19.3. The van der Waals surface area contributed by atoms with Crippen molar-refractivity contribution in [2.24, 2.45) is 5.92 Å². The van der Waals surface area contributed by atoms with Crippen LogP contribution in [0.4, 0.5) is 5.69 Å². The number of amides is 2. The van der Waals surface area contributed by atoms with Gasteiger partial charge in [-0.2, -0.15) is 0 Å². The van der Waals surface area contributed by atoms with Crippen LogP contribution >= 0.6 is 0 Å². The average Bonchev–Trinajstić information content (AvgIpc) is 2.65. The number of rotatable bonds is 3. The minimum Gasteiger partial charge on any atom is -0.465 e. The Balaban J connectivity index is 2.24. The van der Waals surface area contributed by atoms with Crippen molar-refractivity contribution in [2.75, 3.05) is 32.6 Å². The molecule has 26 heavy (non-hydrogen) atoms. The fourth-order valence-electron chi connectivity index (χ4n) is 2.87. The van der Waals surface area contributed by atoms with E-state index in [1.807, 2.05) is 6.92 Å². The van der Waals surface area contributed by atoms with E-state index in [-0.39, 0.29) is 16.8 Å². The summed E-state index contributed by atoms with van der Waals surface area (Å²) in [6, 6.07) is 3.99. The van der Waals surface area contributed by atoms with Gasteiger partial charge in [0.2, 0.25) is 0 Å². The number of hydrogen-bond acceptors (Lipinski definition) is 6. The third-order valence-corrected chi connectivity index (χ3v) is 4.23. The molecule has 8 nitrogen and oxygen atoms in total. The molecule has 0 aromatic heterocycles. The van der Waals surface area contributed by atoms with Crippen molar-refractivity contribution < 1.29 is 28.7 Å². The van der Waals surface area contributed by atoms with Crippen LogP contribution in [0.25, 0.3) is 0 Å². The maximum Gasteiger partial charge on any atom is 0.339 e. The van der Waals surface area contributed by atoms with Crippen molar-refractivity contribution in [3.8, 4) is 0 Å². The first-order chi connectivity index (χ1) is 12.4.